The maximum absolute atomic E-state index is 12.5. The third kappa shape index (κ3) is 6.32. The van der Waals surface area contributed by atoms with Crippen LogP contribution in [0.25, 0.3) is 0 Å². The minimum absolute atomic E-state index is 0.0912. The summed E-state index contributed by atoms with van der Waals surface area (Å²) in [5.41, 5.74) is 6.70. The van der Waals surface area contributed by atoms with Gasteiger partial charge >= 0.3 is 0 Å². The highest BCUT2D eigenvalue weighted by Crippen LogP contribution is 2.21. The molecule has 3 aromatic carbocycles. The molecule has 0 bridgehead atoms. The van der Waals surface area contributed by atoms with E-state index in [1.165, 1.54) is 16.7 Å². The van der Waals surface area contributed by atoms with Crippen molar-refractivity contribution in [2.45, 2.75) is 32.9 Å². The quantitative estimate of drug-likeness (QED) is 0.332. The van der Waals surface area contributed by atoms with Gasteiger partial charge in [-0.15, -0.1) is 0 Å². The van der Waals surface area contributed by atoms with Crippen LogP contribution < -0.4 is 10.2 Å². The van der Waals surface area contributed by atoms with Crippen LogP contribution in [-0.4, -0.2) is 17.4 Å². The summed E-state index contributed by atoms with van der Waals surface area (Å²) in [7, 11) is 0. The van der Waals surface area contributed by atoms with Gasteiger partial charge in [0.1, 0.15) is 0 Å². The van der Waals surface area contributed by atoms with Gasteiger partial charge in [0.25, 0.3) is 5.91 Å². The summed E-state index contributed by atoms with van der Waals surface area (Å²) >= 11 is 0. The molecule has 4 rings (SSSR count). The molecule has 4 heteroatoms. The predicted molar refractivity (Wildman–Crippen MR) is 139 cm³/mol. The van der Waals surface area contributed by atoms with Crippen LogP contribution >= 0.6 is 0 Å². The molecular weight excluding hydrogens is 418 g/mol. The number of nitrogens with one attached hydrogen (secondary N) is 1. The molecule has 4 aromatic rings. The number of amides is 1. The lowest BCUT2D eigenvalue weighted by molar-refractivity contribution is 0.0950. The number of benzene rings is 3. The van der Waals surface area contributed by atoms with Crippen molar-refractivity contribution in [3.8, 4) is 0 Å². The standard InChI is InChI=1S/C30H31N3O/c1-2-33(23-27-13-7-6-12-25(27)16-15-24-10-4-3-5-11-24)29-19-17-26(18-20-29)30(34)32-22-28-14-8-9-21-31-28/h3-14,17-21H,2,15-16,22-23H2,1H3,(H,32,34). The fraction of sp³-hybridized carbons (Fsp3) is 0.200. The zero-order chi connectivity index (χ0) is 23.6. The average molecular weight is 450 g/mol. The Labute approximate surface area is 202 Å². The summed E-state index contributed by atoms with van der Waals surface area (Å²) in [6.45, 7) is 4.31. The number of hydrogen-bond acceptors (Lipinski definition) is 3. The van der Waals surface area contributed by atoms with Crippen molar-refractivity contribution >= 4 is 11.6 Å². The number of nitrogens with zero attached hydrogens (tertiary/aromatic N) is 2. The minimum atomic E-state index is -0.0912. The van der Waals surface area contributed by atoms with Gasteiger partial charge in [-0.25, -0.2) is 0 Å². The van der Waals surface area contributed by atoms with E-state index in [2.05, 4.69) is 76.7 Å². The van der Waals surface area contributed by atoms with Gasteiger partial charge in [-0.2, -0.15) is 0 Å². The summed E-state index contributed by atoms with van der Waals surface area (Å²) in [5.74, 6) is -0.0912. The number of aromatic nitrogens is 1. The maximum atomic E-state index is 12.5. The van der Waals surface area contributed by atoms with Crippen LogP contribution in [0.2, 0.25) is 0 Å². The Bertz CT molecular complexity index is 1170. The zero-order valence-corrected chi connectivity index (χ0v) is 19.7. The first-order chi connectivity index (χ1) is 16.7. The molecule has 0 saturated heterocycles. The maximum Gasteiger partial charge on any atom is 0.251 e. The van der Waals surface area contributed by atoms with Crippen molar-refractivity contribution < 1.29 is 4.79 Å². The molecule has 0 radical (unpaired) electrons. The number of carbonyl (C=O) groups excluding carboxylic acids is 1. The molecule has 0 aliphatic carbocycles. The molecule has 1 heterocycles. The largest absolute Gasteiger partial charge is 0.367 e. The number of carbonyl (C=O) groups is 1. The van der Waals surface area contributed by atoms with Crippen molar-refractivity contribution in [2.75, 3.05) is 11.4 Å². The van der Waals surface area contributed by atoms with E-state index in [-0.39, 0.29) is 5.91 Å². The monoisotopic (exact) mass is 449 g/mol. The summed E-state index contributed by atoms with van der Waals surface area (Å²) in [6, 6.07) is 32.9. The van der Waals surface area contributed by atoms with Crippen molar-refractivity contribution in [2.24, 2.45) is 0 Å². The van der Waals surface area contributed by atoms with E-state index in [9.17, 15) is 4.79 Å². The van der Waals surface area contributed by atoms with E-state index >= 15 is 0 Å². The fourth-order valence-corrected chi connectivity index (χ4v) is 4.07. The van der Waals surface area contributed by atoms with Gasteiger partial charge in [-0.1, -0.05) is 60.7 Å². The Kier molecular flexibility index (Phi) is 8.07. The summed E-state index contributed by atoms with van der Waals surface area (Å²) < 4.78 is 0. The van der Waals surface area contributed by atoms with Crippen LogP contribution in [0.15, 0.2) is 103 Å². The molecule has 1 aromatic heterocycles. The fourth-order valence-electron chi connectivity index (χ4n) is 4.07. The van der Waals surface area contributed by atoms with Gasteiger partial charge in [0.2, 0.25) is 0 Å². The van der Waals surface area contributed by atoms with E-state index in [0.29, 0.717) is 12.1 Å². The number of pyridine rings is 1. The molecule has 0 spiro atoms. The topological polar surface area (TPSA) is 45.2 Å². The van der Waals surface area contributed by atoms with E-state index in [1.807, 2.05) is 42.5 Å². The smallest absolute Gasteiger partial charge is 0.251 e. The normalized spacial score (nSPS) is 10.6. The van der Waals surface area contributed by atoms with Crippen molar-refractivity contribution in [3.63, 3.8) is 0 Å². The van der Waals surface area contributed by atoms with Gasteiger partial charge in [-0.3, -0.25) is 9.78 Å². The Morgan fingerprint density at radius 1 is 0.794 bits per heavy atom. The molecule has 0 aliphatic rings. The molecule has 172 valence electrons. The van der Waals surface area contributed by atoms with E-state index in [4.69, 9.17) is 0 Å². The van der Waals surface area contributed by atoms with Crippen LogP contribution in [0.5, 0.6) is 0 Å². The molecule has 0 saturated carbocycles. The lowest BCUT2D eigenvalue weighted by Gasteiger charge is -2.25. The minimum Gasteiger partial charge on any atom is -0.367 e. The van der Waals surface area contributed by atoms with Crippen molar-refractivity contribution in [1.82, 2.24) is 10.3 Å². The molecule has 0 atom stereocenters. The van der Waals surface area contributed by atoms with Gasteiger partial charge < -0.3 is 10.2 Å². The second kappa shape index (κ2) is 11.8. The average Bonchev–Trinajstić information content (AvgIpc) is 2.91. The summed E-state index contributed by atoms with van der Waals surface area (Å²) in [4.78, 5) is 19.1. The SMILES string of the molecule is CCN(Cc1ccccc1CCc1ccccc1)c1ccc(C(=O)NCc2ccccn2)cc1. The van der Waals surface area contributed by atoms with Crippen LogP contribution in [0.3, 0.4) is 0 Å². The van der Waals surface area contributed by atoms with Gasteiger partial charge in [0.15, 0.2) is 0 Å². The molecule has 1 N–H and O–H groups in total. The predicted octanol–water partition coefficient (Wildman–Crippen LogP) is 5.82. The molecule has 4 nitrogen and oxygen atoms in total. The highest BCUT2D eigenvalue weighted by atomic mass is 16.1. The Morgan fingerprint density at radius 2 is 1.50 bits per heavy atom. The lowest BCUT2D eigenvalue weighted by atomic mass is 9.99. The van der Waals surface area contributed by atoms with Gasteiger partial charge in [0, 0.05) is 30.5 Å². The third-order valence-corrected chi connectivity index (χ3v) is 6.04. The van der Waals surface area contributed by atoms with Gasteiger partial charge in [0.05, 0.1) is 12.2 Å². The first kappa shape index (κ1) is 23.2. The summed E-state index contributed by atoms with van der Waals surface area (Å²) in [6.07, 6.45) is 3.79. The van der Waals surface area contributed by atoms with Crippen molar-refractivity contribution in [1.29, 1.82) is 0 Å². The highest BCUT2D eigenvalue weighted by Gasteiger charge is 2.11. The number of rotatable bonds is 10. The lowest BCUT2D eigenvalue weighted by Crippen LogP contribution is -2.24. The summed E-state index contributed by atoms with van der Waals surface area (Å²) in [5, 5.41) is 2.94. The number of hydrogen-bond donors (Lipinski definition) is 1. The molecular formula is C30H31N3O. The number of anilines is 1. The second-order valence-electron chi connectivity index (χ2n) is 8.32. The first-order valence-corrected chi connectivity index (χ1v) is 11.9. The Hall–Kier alpha value is -3.92. The Morgan fingerprint density at radius 3 is 2.21 bits per heavy atom. The molecule has 0 unspecified atom stereocenters. The Balaban J connectivity index is 1.39. The van der Waals surface area contributed by atoms with Crippen LogP contribution in [0.1, 0.15) is 39.7 Å². The first-order valence-electron chi connectivity index (χ1n) is 11.9. The second-order valence-corrected chi connectivity index (χ2v) is 8.32. The van der Waals surface area contributed by atoms with E-state index in [0.717, 1.165) is 37.3 Å². The molecule has 0 aliphatic heterocycles. The number of aryl methyl sites for hydroxylation is 2. The van der Waals surface area contributed by atoms with E-state index < -0.39 is 0 Å². The molecule has 1 amide bonds. The van der Waals surface area contributed by atoms with Crippen molar-refractivity contribution in [3.05, 3.63) is 131 Å². The third-order valence-electron chi connectivity index (χ3n) is 6.04. The van der Waals surface area contributed by atoms with Crippen LogP contribution in [0, 0.1) is 0 Å². The van der Waals surface area contributed by atoms with Crippen LogP contribution in [0.4, 0.5) is 5.69 Å². The van der Waals surface area contributed by atoms with E-state index in [1.54, 1.807) is 6.20 Å². The molecule has 34 heavy (non-hydrogen) atoms. The molecule has 0 fully saturated rings. The van der Waals surface area contributed by atoms with Crippen LogP contribution in [-0.2, 0) is 25.9 Å². The zero-order valence-electron chi connectivity index (χ0n) is 19.7. The highest BCUT2D eigenvalue weighted by molar-refractivity contribution is 5.94. The van der Waals surface area contributed by atoms with Gasteiger partial charge in [-0.05, 0) is 72.9 Å².